The second-order valence-electron chi connectivity index (χ2n) is 4.51. The van der Waals surface area contributed by atoms with Crippen LogP contribution >= 0.6 is 34.5 Å². The molecular formula is C15H7Cl2N3S. The molecule has 0 amide bonds. The predicted molar refractivity (Wildman–Crippen MR) is 88.2 cm³/mol. The number of halogens is 2. The minimum absolute atomic E-state index is 0.0975. The first kappa shape index (κ1) is 13.0. The maximum Gasteiger partial charge on any atom is 0.227 e. The van der Waals surface area contributed by atoms with Crippen LogP contribution in [0.4, 0.5) is 0 Å². The molecule has 0 saturated heterocycles. The van der Waals surface area contributed by atoms with E-state index in [1.165, 1.54) is 20.2 Å². The number of nitrogens with zero attached hydrogens (tertiary/aromatic N) is 3. The Labute approximate surface area is 134 Å². The molecule has 2 heterocycles. The molecule has 4 rings (SSSR count). The van der Waals surface area contributed by atoms with E-state index in [1.807, 2.05) is 18.2 Å². The van der Waals surface area contributed by atoms with E-state index in [4.69, 9.17) is 23.2 Å². The standard InChI is InChI=1S/C15H7Cl2N3S/c16-14-18-13(19-15(17)20-14)8-5-6-12-10(7-8)9-3-1-2-4-11(9)21-12/h1-7H. The maximum absolute atomic E-state index is 5.85. The predicted octanol–water partition coefficient (Wildman–Crippen LogP) is 5.21. The van der Waals surface area contributed by atoms with Gasteiger partial charge in [0, 0.05) is 25.7 Å². The van der Waals surface area contributed by atoms with Crippen molar-refractivity contribution in [3.8, 4) is 11.4 Å². The third-order valence-electron chi connectivity index (χ3n) is 3.22. The summed E-state index contributed by atoms with van der Waals surface area (Å²) in [5, 5.41) is 2.60. The Balaban J connectivity index is 1.99. The van der Waals surface area contributed by atoms with Crippen LogP contribution < -0.4 is 0 Å². The van der Waals surface area contributed by atoms with Crippen LogP contribution in [0.1, 0.15) is 0 Å². The van der Waals surface area contributed by atoms with Crippen LogP contribution in [0.3, 0.4) is 0 Å². The van der Waals surface area contributed by atoms with Gasteiger partial charge in [-0.25, -0.2) is 0 Å². The van der Waals surface area contributed by atoms with Crippen molar-refractivity contribution in [1.82, 2.24) is 15.0 Å². The minimum atomic E-state index is 0.0975. The Morgan fingerprint density at radius 1 is 0.762 bits per heavy atom. The lowest BCUT2D eigenvalue weighted by atomic mass is 10.1. The molecule has 2 aromatic carbocycles. The van der Waals surface area contributed by atoms with Gasteiger partial charge in [0.2, 0.25) is 10.6 Å². The summed E-state index contributed by atoms with van der Waals surface area (Å²) in [5.41, 5.74) is 0.872. The zero-order valence-corrected chi connectivity index (χ0v) is 12.9. The number of fused-ring (bicyclic) bond motifs is 3. The first-order valence-electron chi connectivity index (χ1n) is 6.19. The second kappa shape index (κ2) is 4.91. The number of benzene rings is 2. The van der Waals surface area contributed by atoms with Gasteiger partial charge in [-0.1, -0.05) is 18.2 Å². The summed E-state index contributed by atoms with van der Waals surface area (Å²) in [6.45, 7) is 0. The lowest BCUT2D eigenvalue weighted by Gasteiger charge is -2.01. The van der Waals surface area contributed by atoms with Crippen LogP contribution in [0.15, 0.2) is 42.5 Å². The Morgan fingerprint density at radius 2 is 1.48 bits per heavy atom. The molecule has 0 aliphatic heterocycles. The van der Waals surface area contributed by atoms with E-state index in [9.17, 15) is 0 Å². The number of aromatic nitrogens is 3. The van der Waals surface area contributed by atoms with E-state index >= 15 is 0 Å². The summed E-state index contributed by atoms with van der Waals surface area (Å²) >= 11 is 13.5. The van der Waals surface area contributed by atoms with E-state index in [0.717, 1.165) is 5.56 Å². The van der Waals surface area contributed by atoms with Gasteiger partial charge in [0.05, 0.1) is 0 Å². The van der Waals surface area contributed by atoms with Gasteiger partial charge < -0.3 is 0 Å². The molecule has 6 heteroatoms. The highest BCUT2D eigenvalue weighted by Crippen LogP contribution is 2.35. The highest BCUT2D eigenvalue weighted by molar-refractivity contribution is 7.25. The Kier molecular flexibility index (Phi) is 3.03. The number of hydrogen-bond acceptors (Lipinski definition) is 4. The summed E-state index contributed by atoms with van der Waals surface area (Å²) in [4.78, 5) is 12.0. The highest BCUT2D eigenvalue weighted by atomic mass is 35.5. The molecule has 0 radical (unpaired) electrons. The molecule has 0 unspecified atom stereocenters. The van der Waals surface area contributed by atoms with Crippen LogP contribution in [0, 0.1) is 0 Å². The molecule has 0 atom stereocenters. The first-order chi connectivity index (χ1) is 10.2. The topological polar surface area (TPSA) is 38.7 Å². The maximum atomic E-state index is 5.85. The van der Waals surface area contributed by atoms with Gasteiger partial charge in [-0.05, 0) is 47.5 Å². The van der Waals surface area contributed by atoms with E-state index in [-0.39, 0.29) is 10.6 Å². The molecule has 102 valence electrons. The molecule has 0 aliphatic rings. The van der Waals surface area contributed by atoms with Crippen molar-refractivity contribution in [2.24, 2.45) is 0 Å². The van der Waals surface area contributed by atoms with Crippen LogP contribution in [-0.4, -0.2) is 15.0 Å². The lowest BCUT2D eigenvalue weighted by molar-refractivity contribution is 1.06. The van der Waals surface area contributed by atoms with Gasteiger partial charge in [0.15, 0.2) is 5.82 Å². The van der Waals surface area contributed by atoms with Crippen LogP contribution in [-0.2, 0) is 0 Å². The van der Waals surface area contributed by atoms with E-state index in [1.54, 1.807) is 11.3 Å². The van der Waals surface area contributed by atoms with Crippen LogP contribution in [0.5, 0.6) is 0 Å². The smallest absolute Gasteiger partial charge is 0.198 e. The van der Waals surface area contributed by atoms with Crippen molar-refractivity contribution in [1.29, 1.82) is 0 Å². The fraction of sp³-hybridized carbons (Fsp3) is 0. The molecule has 0 saturated carbocycles. The van der Waals surface area contributed by atoms with Crippen LogP contribution in [0.2, 0.25) is 10.6 Å². The largest absolute Gasteiger partial charge is 0.227 e. The zero-order valence-electron chi connectivity index (χ0n) is 10.5. The van der Waals surface area contributed by atoms with E-state index in [2.05, 4.69) is 39.2 Å². The molecule has 21 heavy (non-hydrogen) atoms. The summed E-state index contributed by atoms with van der Waals surface area (Å²) < 4.78 is 2.49. The highest BCUT2D eigenvalue weighted by Gasteiger charge is 2.09. The van der Waals surface area contributed by atoms with E-state index < -0.39 is 0 Å². The average Bonchev–Trinajstić information content (AvgIpc) is 2.84. The minimum Gasteiger partial charge on any atom is -0.198 e. The lowest BCUT2D eigenvalue weighted by Crippen LogP contribution is -1.93. The van der Waals surface area contributed by atoms with Gasteiger partial charge in [-0.3, -0.25) is 0 Å². The Morgan fingerprint density at radius 3 is 2.29 bits per heavy atom. The summed E-state index contributed by atoms with van der Waals surface area (Å²) in [6, 6.07) is 14.4. The second-order valence-corrected chi connectivity index (χ2v) is 6.27. The molecular weight excluding hydrogens is 325 g/mol. The third-order valence-corrected chi connectivity index (χ3v) is 4.71. The molecule has 3 nitrogen and oxygen atoms in total. The van der Waals surface area contributed by atoms with Gasteiger partial charge in [-0.2, -0.15) is 15.0 Å². The molecule has 0 bridgehead atoms. The average molecular weight is 332 g/mol. The summed E-state index contributed by atoms with van der Waals surface area (Å²) in [7, 11) is 0. The molecule has 4 aromatic rings. The Bertz CT molecular complexity index is 961. The first-order valence-corrected chi connectivity index (χ1v) is 7.77. The number of thiophene rings is 1. The van der Waals surface area contributed by atoms with Gasteiger partial charge in [-0.15, -0.1) is 11.3 Å². The summed E-state index contributed by atoms with van der Waals surface area (Å²) in [5.74, 6) is 0.484. The number of rotatable bonds is 1. The zero-order chi connectivity index (χ0) is 14.4. The van der Waals surface area contributed by atoms with Crippen molar-refractivity contribution in [2.45, 2.75) is 0 Å². The van der Waals surface area contributed by atoms with Gasteiger partial charge >= 0.3 is 0 Å². The fourth-order valence-electron chi connectivity index (χ4n) is 2.32. The normalized spacial score (nSPS) is 11.3. The van der Waals surface area contributed by atoms with Crippen molar-refractivity contribution >= 4 is 54.7 Å². The third kappa shape index (κ3) is 2.25. The fourth-order valence-corrected chi connectivity index (χ4v) is 3.77. The molecule has 0 spiro atoms. The van der Waals surface area contributed by atoms with Crippen molar-refractivity contribution in [2.75, 3.05) is 0 Å². The molecule has 0 N–H and O–H groups in total. The quantitative estimate of drug-likeness (QED) is 0.480. The van der Waals surface area contributed by atoms with Crippen molar-refractivity contribution in [3.63, 3.8) is 0 Å². The van der Waals surface area contributed by atoms with E-state index in [0.29, 0.717) is 5.82 Å². The SMILES string of the molecule is Clc1nc(Cl)nc(-c2ccc3sc4ccccc4c3c2)n1. The Hall–Kier alpha value is -1.75. The van der Waals surface area contributed by atoms with Crippen molar-refractivity contribution < 1.29 is 0 Å². The summed E-state index contributed by atoms with van der Waals surface area (Å²) in [6.07, 6.45) is 0. The van der Waals surface area contributed by atoms with Gasteiger partial charge in [0.1, 0.15) is 0 Å². The number of hydrogen-bond donors (Lipinski definition) is 0. The van der Waals surface area contributed by atoms with Crippen LogP contribution in [0.25, 0.3) is 31.6 Å². The van der Waals surface area contributed by atoms with Gasteiger partial charge in [0.25, 0.3) is 0 Å². The monoisotopic (exact) mass is 331 g/mol. The molecule has 2 aromatic heterocycles. The van der Waals surface area contributed by atoms with Crippen molar-refractivity contribution in [3.05, 3.63) is 53.0 Å². The molecule has 0 fully saturated rings. The molecule has 0 aliphatic carbocycles.